The highest BCUT2D eigenvalue weighted by Gasteiger charge is 2.16. The molecule has 0 aliphatic carbocycles. The van der Waals surface area contributed by atoms with Gasteiger partial charge < -0.3 is 10.1 Å². The van der Waals surface area contributed by atoms with Gasteiger partial charge in [0, 0.05) is 24.2 Å². The highest BCUT2D eigenvalue weighted by Crippen LogP contribution is 2.34. The molecule has 0 atom stereocenters. The normalized spacial score (nSPS) is 13.7. The van der Waals surface area contributed by atoms with Crippen LogP contribution in [0.2, 0.25) is 0 Å². The van der Waals surface area contributed by atoms with Crippen molar-refractivity contribution < 1.29 is 14.5 Å². The van der Waals surface area contributed by atoms with Gasteiger partial charge in [-0.1, -0.05) is 0 Å². The first-order chi connectivity index (χ1) is 11.4. The Bertz CT molecular complexity index is 807. The lowest BCUT2D eigenvalue weighted by Gasteiger charge is -2.14. The summed E-state index contributed by atoms with van der Waals surface area (Å²) in [7, 11) is 0. The zero-order valence-electron chi connectivity index (χ0n) is 13.6. The van der Waals surface area contributed by atoms with E-state index in [4.69, 9.17) is 4.74 Å². The maximum absolute atomic E-state index is 11.6. The number of hydrogen-bond donors (Lipinski definition) is 1. The molecule has 1 aliphatic heterocycles. The first-order valence-corrected chi connectivity index (χ1v) is 7.80. The van der Waals surface area contributed by atoms with Crippen molar-refractivity contribution in [3.05, 3.63) is 57.1 Å². The Morgan fingerprint density at radius 1 is 1.12 bits per heavy atom. The minimum atomic E-state index is -0.408. The summed E-state index contributed by atoms with van der Waals surface area (Å²) < 4.78 is 5.97. The molecule has 0 radical (unpaired) electrons. The fourth-order valence-corrected chi connectivity index (χ4v) is 2.93. The first kappa shape index (κ1) is 16.0. The van der Waals surface area contributed by atoms with Crippen molar-refractivity contribution >= 4 is 17.3 Å². The molecule has 6 heteroatoms. The van der Waals surface area contributed by atoms with Crippen LogP contribution in [0.5, 0.6) is 11.5 Å². The summed E-state index contributed by atoms with van der Waals surface area (Å²) in [6, 6.07) is 8.56. The minimum Gasteiger partial charge on any atom is -0.457 e. The van der Waals surface area contributed by atoms with Gasteiger partial charge in [-0.3, -0.25) is 14.9 Å². The Hall–Kier alpha value is -2.89. The van der Waals surface area contributed by atoms with Crippen molar-refractivity contribution in [1.29, 1.82) is 0 Å². The number of nitrogens with zero attached hydrogens (tertiary/aromatic N) is 1. The fourth-order valence-electron chi connectivity index (χ4n) is 2.93. The molecule has 0 unspecified atom stereocenters. The maximum atomic E-state index is 11.6. The van der Waals surface area contributed by atoms with E-state index in [1.54, 1.807) is 19.9 Å². The Morgan fingerprint density at radius 3 is 2.50 bits per heavy atom. The number of benzene rings is 2. The van der Waals surface area contributed by atoms with Gasteiger partial charge in [-0.25, -0.2) is 0 Å². The van der Waals surface area contributed by atoms with Crippen molar-refractivity contribution in [3.8, 4) is 11.5 Å². The van der Waals surface area contributed by atoms with E-state index < -0.39 is 4.92 Å². The van der Waals surface area contributed by atoms with Gasteiger partial charge in [0.05, 0.1) is 4.92 Å². The molecule has 0 saturated heterocycles. The molecule has 1 heterocycles. The zero-order valence-corrected chi connectivity index (χ0v) is 13.6. The number of anilines is 1. The van der Waals surface area contributed by atoms with Crippen LogP contribution in [-0.2, 0) is 11.2 Å². The van der Waals surface area contributed by atoms with Gasteiger partial charge in [-0.2, -0.15) is 0 Å². The van der Waals surface area contributed by atoms with Gasteiger partial charge in [0.15, 0.2) is 0 Å². The first-order valence-electron chi connectivity index (χ1n) is 7.80. The molecule has 0 saturated carbocycles. The summed E-state index contributed by atoms with van der Waals surface area (Å²) in [5.41, 5.74) is 3.34. The van der Waals surface area contributed by atoms with Crippen LogP contribution < -0.4 is 10.1 Å². The smallest absolute Gasteiger partial charge is 0.270 e. The maximum Gasteiger partial charge on any atom is 0.270 e. The van der Waals surface area contributed by atoms with Crippen LogP contribution in [0.25, 0.3) is 0 Å². The van der Waals surface area contributed by atoms with Crippen LogP contribution in [0.15, 0.2) is 30.3 Å². The molecule has 1 aliphatic rings. The van der Waals surface area contributed by atoms with Crippen LogP contribution in [0.3, 0.4) is 0 Å². The third-order valence-electron chi connectivity index (χ3n) is 4.08. The largest absolute Gasteiger partial charge is 0.457 e. The number of nitro benzene ring substituents is 1. The number of amides is 1. The summed E-state index contributed by atoms with van der Waals surface area (Å²) in [4.78, 5) is 22.1. The van der Waals surface area contributed by atoms with Crippen LogP contribution in [0.4, 0.5) is 11.4 Å². The Kier molecular flexibility index (Phi) is 4.20. The number of non-ortho nitro benzene ring substituents is 1. The number of ether oxygens (including phenoxy) is 1. The van der Waals surface area contributed by atoms with Crippen molar-refractivity contribution in [2.24, 2.45) is 0 Å². The molecular weight excluding hydrogens is 308 g/mol. The van der Waals surface area contributed by atoms with Crippen molar-refractivity contribution in [2.45, 2.75) is 33.1 Å². The van der Waals surface area contributed by atoms with E-state index in [2.05, 4.69) is 5.32 Å². The molecule has 3 rings (SSSR count). The van der Waals surface area contributed by atoms with Gasteiger partial charge in [0.1, 0.15) is 11.5 Å². The highest BCUT2D eigenvalue weighted by atomic mass is 16.6. The minimum absolute atomic E-state index is 0.0319. The molecule has 0 spiro atoms. The van der Waals surface area contributed by atoms with Gasteiger partial charge in [-0.05, 0) is 61.6 Å². The number of nitrogens with one attached hydrogen (secondary N) is 1. The molecule has 2 aromatic carbocycles. The number of hydrogen-bond acceptors (Lipinski definition) is 4. The van der Waals surface area contributed by atoms with E-state index in [9.17, 15) is 14.9 Å². The molecule has 2 aromatic rings. The molecule has 124 valence electrons. The lowest BCUT2D eigenvalue weighted by Crippen LogP contribution is -2.09. The predicted molar refractivity (Wildman–Crippen MR) is 90.7 cm³/mol. The summed E-state index contributed by atoms with van der Waals surface area (Å²) in [6.07, 6.45) is 2.13. The molecule has 0 aromatic heterocycles. The monoisotopic (exact) mass is 326 g/mol. The van der Waals surface area contributed by atoms with Gasteiger partial charge in [0.2, 0.25) is 5.91 Å². The average Bonchev–Trinajstić information content (AvgIpc) is 2.70. The van der Waals surface area contributed by atoms with Gasteiger partial charge in [-0.15, -0.1) is 0 Å². The standard InChI is InChI=1S/C18H18N2O4/c1-11-8-14(20(22)23)9-12(2)18(11)24-15-6-7-16-13(10-15)4-3-5-17(21)19-16/h6-10H,3-5H2,1-2H3,(H,19,21). The number of nitro groups is 1. The van der Waals surface area contributed by atoms with Crippen molar-refractivity contribution in [2.75, 3.05) is 5.32 Å². The molecule has 1 N–H and O–H groups in total. The second-order valence-electron chi connectivity index (χ2n) is 5.99. The predicted octanol–water partition coefficient (Wildman–Crippen LogP) is 4.28. The topological polar surface area (TPSA) is 81.5 Å². The lowest BCUT2D eigenvalue weighted by molar-refractivity contribution is -0.385. The van der Waals surface area contributed by atoms with Crippen molar-refractivity contribution in [1.82, 2.24) is 0 Å². The van der Waals surface area contributed by atoms with E-state index in [1.807, 2.05) is 12.1 Å². The molecule has 0 fully saturated rings. The van der Waals surface area contributed by atoms with E-state index >= 15 is 0 Å². The Morgan fingerprint density at radius 2 is 1.83 bits per heavy atom. The van der Waals surface area contributed by atoms with E-state index in [0.717, 1.165) is 24.1 Å². The molecule has 0 bridgehead atoms. The quantitative estimate of drug-likeness (QED) is 0.674. The number of aryl methyl sites for hydroxylation is 3. The van der Waals surface area contributed by atoms with Crippen LogP contribution >= 0.6 is 0 Å². The molecule has 24 heavy (non-hydrogen) atoms. The van der Waals surface area contributed by atoms with Crippen LogP contribution in [0, 0.1) is 24.0 Å². The Labute approximate surface area is 139 Å². The summed E-state index contributed by atoms with van der Waals surface area (Å²) >= 11 is 0. The fraction of sp³-hybridized carbons (Fsp3) is 0.278. The second-order valence-corrected chi connectivity index (χ2v) is 5.99. The molecule has 6 nitrogen and oxygen atoms in total. The van der Waals surface area contributed by atoms with Crippen molar-refractivity contribution in [3.63, 3.8) is 0 Å². The van der Waals surface area contributed by atoms with Gasteiger partial charge >= 0.3 is 0 Å². The molecule has 1 amide bonds. The number of rotatable bonds is 3. The second kappa shape index (κ2) is 6.31. The Balaban J connectivity index is 1.91. The van der Waals surface area contributed by atoms with Crippen LogP contribution in [-0.4, -0.2) is 10.8 Å². The van der Waals surface area contributed by atoms with Gasteiger partial charge in [0.25, 0.3) is 5.69 Å². The zero-order chi connectivity index (χ0) is 17.3. The average molecular weight is 326 g/mol. The number of fused-ring (bicyclic) bond motifs is 1. The van der Waals surface area contributed by atoms with E-state index in [-0.39, 0.29) is 11.6 Å². The lowest BCUT2D eigenvalue weighted by atomic mass is 10.1. The number of carbonyl (C=O) groups excluding carboxylic acids is 1. The van der Waals surface area contributed by atoms with Crippen LogP contribution in [0.1, 0.15) is 29.5 Å². The molecular formula is C18H18N2O4. The summed E-state index contributed by atoms with van der Waals surface area (Å²) in [6.45, 7) is 3.58. The highest BCUT2D eigenvalue weighted by molar-refractivity contribution is 5.92. The third-order valence-corrected chi connectivity index (χ3v) is 4.08. The van der Waals surface area contributed by atoms with E-state index in [1.165, 1.54) is 12.1 Å². The SMILES string of the molecule is Cc1cc([N+](=O)[O-])cc(C)c1Oc1ccc2c(c1)CCCC(=O)N2. The van der Waals surface area contributed by atoms with E-state index in [0.29, 0.717) is 29.0 Å². The third kappa shape index (κ3) is 3.22. The summed E-state index contributed by atoms with van der Waals surface area (Å²) in [5, 5.41) is 13.8. The summed E-state index contributed by atoms with van der Waals surface area (Å²) in [5.74, 6) is 1.31. The number of carbonyl (C=O) groups is 1.